The molecule has 1 aromatic heterocycles. The first-order valence-electron chi connectivity index (χ1n) is 13.3. The number of rotatable bonds is 7. The molecule has 3 amide bonds. The third kappa shape index (κ3) is 4.91. The average molecular weight is 510 g/mol. The summed E-state index contributed by atoms with van der Waals surface area (Å²) in [5.74, 6) is 1.47. The molecular weight excluding hydrogens is 474 g/mol. The molecule has 2 aliphatic heterocycles. The number of nitrogens with one attached hydrogen (secondary N) is 1. The molecular formula is C27H35N5O5. The zero-order valence-electron chi connectivity index (χ0n) is 21.7. The summed E-state index contributed by atoms with van der Waals surface area (Å²) < 4.78 is 11.4. The van der Waals surface area contributed by atoms with Crippen LogP contribution in [0.2, 0.25) is 0 Å². The minimum absolute atomic E-state index is 0.0618. The summed E-state index contributed by atoms with van der Waals surface area (Å²) in [6, 6.07) is 9.74. The van der Waals surface area contributed by atoms with Gasteiger partial charge in [0.15, 0.2) is 0 Å². The lowest BCUT2D eigenvalue weighted by Crippen LogP contribution is -2.46. The van der Waals surface area contributed by atoms with Gasteiger partial charge in [0.05, 0.1) is 6.04 Å². The fourth-order valence-corrected chi connectivity index (χ4v) is 5.94. The highest BCUT2D eigenvalue weighted by Gasteiger charge is 2.64. The molecule has 2 bridgehead atoms. The smallest absolute Gasteiger partial charge is 0.407 e. The van der Waals surface area contributed by atoms with Crippen molar-refractivity contribution in [2.45, 2.75) is 89.6 Å². The molecule has 6 rings (SSSR count). The third-order valence-corrected chi connectivity index (χ3v) is 8.06. The highest BCUT2D eigenvalue weighted by Crippen LogP contribution is 2.61. The van der Waals surface area contributed by atoms with Gasteiger partial charge in [-0.05, 0) is 69.8 Å². The number of urea groups is 1. The summed E-state index contributed by atoms with van der Waals surface area (Å²) in [5, 5.41) is 13.2. The number of carbonyl (C=O) groups excluding carboxylic acids is 2. The van der Waals surface area contributed by atoms with Crippen LogP contribution in [-0.2, 0) is 22.6 Å². The van der Waals surface area contributed by atoms with Gasteiger partial charge < -0.3 is 19.4 Å². The topological polar surface area (TPSA) is 110 Å². The van der Waals surface area contributed by atoms with E-state index < -0.39 is 5.60 Å². The van der Waals surface area contributed by atoms with Crippen LogP contribution in [0, 0.1) is 11.3 Å². The number of hydrogen-bond acceptors (Lipinski definition) is 7. The largest absolute Gasteiger partial charge is 0.444 e. The standard InChI is InChI=1S/C27H35N5O5/c1-26(2,3)37-24(33)28-19-11-18(12-19)13-22-29-30-23(36-22)20-14-27(9-10-27)21-15-31(20)25(34)32(21)35-16-17-7-5-4-6-8-17/h4-8,18-21H,9-16H2,1-3H3,(H,28,33)/t18?,19?,20-,21+/m0/s1. The van der Waals surface area contributed by atoms with Crippen molar-refractivity contribution in [1.82, 2.24) is 25.5 Å². The summed E-state index contributed by atoms with van der Waals surface area (Å²) >= 11 is 0. The zero-order chi connectivity index (χ0) is 25.8. The molecule has 2 aliphatic carbocycles. The molecule has 1 aromatic carbocycles. The van der Waals surface area contributed by atoms with Gasteiger partial charge in [0.2, 0.25) is 11.8 Å². The predicted octanol–water partition coefficient (Wildman–Crippen LogP) is 4.38. The minimum Gasteiger partial charge on any atom is -0.444 e. The van der Waals surface area contributed by atoms with Gasteiger partial charge in [0.25, 0.3) is 0 Å². The number of ether oxygens (including phenoxy) is 1. The lowest BCUT2D eigenvalue weighted by molar-refractivity contribution is -0.153. The molecule has 4 aliphatic rings. The van der Waals surface area contributed by atoms with Crippen molar-refractivity contribution >= 4 is 12.1 Å². The molecule has 10 heteroatoms. The van der Waals surface area contributed by atoms with E-state index in [0.29, 0.717) is 37.3 Å². The molecule has 0 unspecified atom stereocenters. The van der Waals surface area contributed by atoms with Crippen LogP contribution in [0.5, 0.6) is 0 Å². The number of fused-ring (bicyclic) bond motifs is 3. The fraction of sp³-hybridized carbons (Fsp3) is 0.630. The first kappa shape index (κ1) is 24.2. The number of benzene rings is 1. The number of nitrogens with zero attached hydrogens (tertiary/aromatic N) is 4. The van der Waals surface area contributed by atoms with Crippen molar-refractivity contribution in [2.24, 2.45) is 11.3 Å². The SMILES string of the molecule is CC(C)(C)OC(=O)NC1CC(Cc2nnc([C@@H]3CC4(CC4)[C@H]4CN3C(=O)N4OCc3ccccc3)o2)C1. The maximum absolute atomic E-state index is 13.4. The van der Waals surface area contributed by atoms with E-state index in [2.05, 4.69) is 15.5 Å². The molecule has 4 fully saturated rings. The van der Waals surface area contributed by atoms with Crippen LogP contribution in [0.25, 0.3) is 0 Å². The molecule has 2 saturated carbocycles. The summed E-state index contributed by atoms with van der Waals surface area (Å²) in [4.78, 5) is 33.2. The van der Waals surface area contributed by atoms with Crippen molar-refractivity contribution < 1.29 is 23.6 Å². The third-order valence-electron chi connectivity index (χ3n) is 8.06. The Morgan fingerprint density at radius 1 is 1.19 bits per heavy atom. The lowest BCUT2D eigenvalue weighted by Gasteiger charge is -2.35. The van der Waals surface area contributed by atoms with Crippen LogP contribution < -0.4 is 5.32 Å². The Morgan fingerprint density at radius 3 is 2.65 bits per heavy atom. The molecule has 1 spiro atoms. The second kappa shape index (κ2) is 9.01. The fourth-order valence-electron chi connectivity index (χ4n) is 5.94. The van der Waals surface area contributed by atoms with E-state index in [4.69, 9.17) is 14.0 Å². The van der Waals surface area contributed by atoms with Gasteiger partial charge in [-0.2, -0.15) is 5.06 Å². The van der Waals surface area contributed by atoms with Crippen LogP contribution in [0.15, 0.2) is 34.7 Å². The van der Waals surface area contributed by atoms with E-state index in [9.17, 15) is 9.59 Å². The minimum atomic E-state index is -0.507. The Bertz CT molecular complexity index is 1150. The quantitative estimate of drug-likeness (QED) is 0.590. The van der Waals surface area contributed by atoms with Gasteiger partial charge in [0, 0.05) is 19.0 Å². The van der Waals surface area contributed by atoms with Gasteiger partial charge in [-0.1, -0.05) is 30.3 Å². The van der Waals surface area contributed by atoms with Gasteiger partial charge in [-0.3, -0.25) is 4.84 Å². The van der Waals surface area contributed by atoms with Crippen molar-refractivity contribution in [2.75, 3.05) is 6.54 Å². The maximum atomic E-state index is 13.4. The first-order chi connectivity index (χ1) is 17.7. The van der Waals surface area contributed by atoms with E-state index in [0.717, 1.165) is 37.7 Å². The predicted molar refractivity (Wildman–Crippen MR) is 132 cm³/mol. The average Bonchev–Trinajstić information content (AvgIpc) is 3.31. The lowest BCUT2D eigenvalue weighted by atomic mass is 9.78. The molecule has 10 nitrogen and oxygen atoms in total. The van der Waals surface area contributed by atoms with Crippen molar-refractivity contribution in [1.29, 1.82) is 0 Å². The number of aromatic nitrogens is 2. The summed E-state index contributed by atoms with van der Waals surface area (Å²) in [5.41, 5.74) is 0.592. The van der Waals surface area contributed by atoms with Gasteiger partial charge in [-0.15, -0.1) is 10.2 Å². The Kier molecular flexibility index (Phi) is 5.89. The Labute approximate surface area is 216 Å². The van der Waals surface area contributed by atoms with Crippen molar-refractivity contribution in [3.8, 4) is 0 Å². The second-order valence-corrected chi connectivity index (χ2v) is 12.0. The van der Waals surface area contributed by atoms with E-state index in [1.54, 1.807) is 5.06 Å². The van der Waals surface area contributed by atoms with Crippen LogP contribution in [0.4, 0.5) is 9.59 Å². The molecule has 2 saturated heterocycles. The van der Waals surface area contributed by atoms with Gasteiger partial charge >= 0.3 is 12.1 Å². The van der Waals surface area contributed by atoms with Gasteiger partial charge in [0.1, 0.15) is 18.2 Å². The molecule has 2 atom stereocenters. The maximum Gasteiger partial charge on any atom is 0.407 e. The van der Waals surface area contributed by atoms with Gasteiger partial charge in [-0.25, -0.2) is 9.59 Å². The van der Waals surface area contributed by atoms with Crippen LogP contribution >= 0.6 is 0 Å². The number of piperidine rings is 1. The van der Waals surface area contributed by atoms with Crippen LogP contribution in [0.3, 0.4) is 0 Å². The number of hydrogen-bond donors (Lipinski definition) is 1. The van der Waals surface area contributed by atoms with E-state index in [-0.39, 0.29) is 35.7 Å². The van der Waals surface area contributed by atoms with Crippen LogP contribution in [-0.4, -0.2) is 56.5 Å². The van der Waals surface area contributed by atoms with E-state index in [1.165, 1.54) is 0 Å². The van der Waals surface area contributed by atoms with Crippen LogP contribution in [0.1, 0.15) is 76.3 Å². The number of carbonyl (C=O) groups is 2. The Hall–Kier alpha value is -3.14. The van der Waals surface area contributed by atoms with Crippen molar-refractivity contribution in [3.63, 3.8) is 0 Å². The molecule has 2 aromatic rings. The molecule has 3 heterocycles. The number of amides is 3. The molecule has 37 heavy (non-hydrogen) atoms. The Balaban J connectivity index is 1.05. The molecule has 0 radical (unpaired) electrons. The van der Waals surface area contributed by atoms with E-state index >= 15 is 0 Å². The monoisotopic (exact) mass is 509 g/mol. The van der Waals surface area contributed by atoms with Crippen molar-refractivity contribution in [3.05, 3.63) is 47.7 Å². The normalized spacial score (nSPS) is 27.8. The number of alkyl carbamates (subject to hydrolysis) is 1. The molecule has 1 N–H and O–H groups in total. The summed E-state index contributed by atoms with van der Waals surface area (Å²) in [6.07, 6.45) is 4.97. The highest BCUT2D eigenvalue weighted by atomic mass is 16.7. The Morgan fingerprint density at radius 2 is 1.95 bits per heavy atom. The zero-order valence-corrected chi connectivity index (χ0v) is 21.7. The molecule has 198 valence electrons. The summed E-state index contributed by atoms with van der Waals surface area (Å²) in [7, 11) is 0. The highest BCUT2D eigenvalue weighted by molar-refractivity contribution is 5.77. The second-order valence-electron chi connectivity index (χ2n) is 12.0. The van der Waals surface area contributed by atoms with E-state index in [1.807, 2.05) is 56.0 Å². The summed E-state index contributed by atoms with van der Waals surface area (Å²) in [6.45, 7) is 6.55. The first-order valence-corrected chi connectivity index (χ1v) is 13.3. The number of hydroxylamine groups is 2.